The van der Waals surface area contributed by atoms with Gasteiger partial charge in [-0.05, 0) is 35.1 Å². The number of ether oxygens (including phenoxy) is 1. The molecule has 1 aliphatic heterocycles. The normalized spacial score (nSPS) is 13.5. The highest BCUT2D eigenvalue weighted by Gasteiger charge is 2.19. The van der Waals surface area contributed by atoms with E-state index in [0.29, 0.717) is 18.9 Å². The Balaban J connectivity index is 1.37. The molecule has 4 rings (SSSR count). The fraction of sp³-hybridized carbons (Fsp3) is 0.227. The molecule has 2 heterocycles. The number of hydrogen-bond donors (Lipinski definition) is 0. The van der Waals surface area contributed by atoms with Gasteiger partial charge in [-0.2, -0.15) is 0 Å². The second-order valence-corrected chi connectivity index (χ2v) is 7.51. The van der Waals surface area contributed by atoms with E-state index in [-0.39, 0.29) is 11.2 Å². The van der Waals surface area contributed by atoms with Crippen LogP contribution in [0.2, 0.25) is 0 Å². The third kappa shape index (κ3) is 4.26. The smallest absolute Gasteiger partial charge is 0.227 e. The molecule has 4 nitrogen and oxygen atoms in total. The second-order valence-electron chi connectivity index (χ2n) is 6.63. The molecule has 0 N–H and O–H groups in total. The third-order valence-electron chi connectivity index (χ3n) is 4.69. The van der Waals surface area contributed by atoms with Crippen LogP contribution in [0.4, 0.5) is 0 Å². The minimum Gasteiger partial charge on any atom is -0.482 e. The average Bonchev–Trinajstić information content (AvgIpc) is 3.10. The maximum atomic E-state index is 12.3. The van der Waals surface area contributed by atoms with Crippen LogP contribution in [0.3, 0.4) is 0 Å². The number of nitrogens with zero attached hydrogens (tertiary/aromatic N) is 1. The van der Waals surface area contributed by atoms with Gasteiger partial charge < -0.3 is 9.15 Å². The van der Waals surface area contributed by atoms with Gasteiger partial charge in [-0.25, -0.2) is 0 Å². The highest BCUT2D eigenvalue weighted by molar-refractivity contribution is 7.98. The average molecular weight is 379 g/mol. The van der Waals surface area contributed by atoms with Gasteiger partial charge in [0.1, 0.15) is 18.6 Å². The van der Waals surface area contributed by atoms with Crippen LogP contribution in [0, 0.1) is 0 Å². The Morgan fingerprint density at radius 1 is 1.07 bits per heavy atom. The molecule has 0 fully saturated rings. The molecule has 27 heavy (non-hydrogen) atoms. The van der Waals surface area contributed by atoms with E-state index >= 15 is 0 Å². The van der Waals surface area contributed by atoms with Gasteiger partial charge >= 0.3 is 0 Å². The number of thioether (sulfide) groups is 1. The Labute approximate surface area is 162 Å². The van der Waals surface area contributed by atoms with Crippen molar-refractivity contribution >= 4 is 11.8 Å². The molecule has 0 aliphatic carbocycles. The van der Waals surface area contributed by atoms with Crippen LogP contribution in [-0.2, 0) is 26.2 Å². The molecule has 2 aromatic carbocycles. The standard InChI is InChI=1S/C22H21NO3S/c1-27-20-8-6-16(7-9-20)14-26-22-15-25-19(10-21(22)24)13-23-11-17-4-2-3-5-18(17)12-23/h2-10,15H,11-14H2,1H3. The molecule has 1 aromatic heterocycles. The number of rotatable bonds is 6. The molecule has 138 valence electrons. The SMILES string of the molecule is CSc1ccc(COc2coc(CN3Cc4ccccc4C3)cc2=O)cc1. The van der Waals surface area contributed by atoms with Gasteiger partial charge in [0.25, 0.3) is 0 Å². The molecule has 5 heteroatoms. The van der Waals surface area contributed by atoms with Gasteiger partial charge in [-0.15, -0.1) is 11.8 Å². The third-order valence-corrected chi connectivity index (χ3v) is 5.43. The van der Waals surface area contributed by atoms with Crippen LogP contribution in [-0.4, -0.2) is 11.2 Å². The zero-order chi connectivity index (χ0) is 18.6. The molecule has 0 radical (unpaired) electrons. The Bertz CT molecular complexity index is 956. The van der Waals surface area contributed by atoms with E-state index in [1.165, 1.54) is 28.4 Å². The topological polar surface area (TPSA) is 42.7 Å². The van der Waals surface area contributed by atoms with Crippen LogP contribution in [0.25, 0.3) is 0 Å². The first-order chi connectivity index (χ1) is 13.2. The van der Waals surface area contributed by atoms with Crippen LogP contribution < -0.4 is 10.2 Å². The Kier molecular flexibility index (Phi) is 5.32. The summed E-state index contributed by atoms with van der Waals surface area (Å²) < 4.78 is 11.3. The lowest BCUT2D eigenvalue weighted by atomic mass is 10.1. The highest BCUT2D eigenvalue weighted by atomic mass is 32.2. The lowest BCUT2D eigenvalue weighted by Crippen LogP contribution is -2.17. The molecule has 0 bridgehead atoms. The summed E-state index contributed by atoms with van der Waals surface area (Å²) in [6, 6.07) is 18.1. The monoisotopic (exact) mass is 379 g/mol. The van der Waals surface area contributed by atoms with Crippen LogP contribution >= 0.6 is 11.8 Å². The predicted molar refractivity (Wildman–Crippen MR) is 107 cm³/mol. The summed E-state index contributed by atoms with van der Waals surface area (Å²) in [6.45, 7) is 2.72. The molecule has 0 atom stereocenters. The first kappa shape index (κ1) is 17.9. The number of fused-ring (bicyclic) bond motifs is 1. The summed E-state index contributed by atoms with van der Waals surface area (Å²) >= 11 is 1.70. The summed E-state index contributed by atoms with van der Waals surface area (Å²) in [7, 11) is 0. The summed E-state index contributed by atoms with van der Waals surface area (Å²) in [5, 5.41) is 0. The van der Waals surface area contributed by atoms with Gasteiger partial charge in [0.15, 0.2) is 0 Å². The zero-order valence-electron chi connectivity index (χ0n) is 15.2. The first-order valence-electron chi connectivity index (χ1n) is 8.88. The summed E-state index contributed by atoms with van der Waals surface area (Å²) in [6.07, 6.45) is 3.47. The minimum atomic E-state index is -0.145. The lowest BCUT2D eigenvalue weighted by molar-refractivity contribution is 0.241. The summed E-state index contributed by atoms with van der Waals surface area (Å²) in [4.78, 5) is 15.8. The van der Waals surface area contributed by atoms with E-state index in [2.05, 4.69) is 29.2 Å². The van der Waals surface area contributed by atoms with Gasteiger partial charge in [0.05, 0.1) is 6.54 Å². The van der Waals surface area contributed by atoms with Crippen molar-refractivity contribution in [1.29, 1.82) is 0 Å². The van der Waals surface area contributed by atoms with E-state index in [9.17, 15) is 4.79 Å². The van der Waals surface area contributed by atoms with E-state index < -0.39 is 0 Å². The van der Waals surface area contributed by atoms with E-state index in [0.717, 1.165) is 18.7 Å². The number of benzene rings is 2. The van der Waals surface area contributed by atoms with Gasteiger partial charge in [0.2, 0.25) is 11.2 Å². The largest absolute Gasteiger partial charge is 0.482 e. The molecule has 0 saturated heterocycles. The first-order valence-corrected chi connectivity index (χ1v) is 10.1. The molecule has 3 aromatic rings. The highest BCUT2D eigenvalue weighted by Crippen LogP contribution is 2.24. The van der Waals surface area contributed by atoms with Gasteiger partial charge in [0, 0.05) is 24.1 Å². The fourth-order valence-electron chi connectivity index (χ4n) is 3.25. The molecular formula is C22H21NO3S. The Morgan fingerprint density at radius 2 is 1.78 bits per heavy atom. The second kappa shape index (κ2) is 8.03. The van der Waals surface area contributed by atoms with Crippen molar-refractivity contribution in [3.63, 3.8) is 0 Å². The molecule has 0 saturated carbocycles. The maximum Gasteiger partial charge on any atom is 0.227 e. The molecule has 0 spiro atoms. The summed E-state index contributed by atoms with van der Waals surface area (Å²) in [5.74, 6) is 0.905. The van der Waals surface area contributed by atoms with Crippen molar-refractivity contribution in [2.24, 2.45) is 0 Å². The van der Waals surface area contributed by atoms with Gasteiger partial charge in [-0.3, -0.25) is 9.69 Å². The molecular weight excluding hydrogens is 358 g/mol. The summed E-state index contributed by atoms with van der Waals surface area (Å²) in [5.41, 5.74) is 3.55. The minimum absolute atomic E-state index is 0.145. The molecule has 0 amide bonds. The van der Waals surface area contributed by atoms with Crippen molar-refractivity contribution in [2.75, 3.05) is 6.26 Å². The van der Waals surface area contributed by atoms with Crippen molar-refractivity contribution in [3.8, 4) is 5.75 Å². The molecule has 0 unspecified atom stereocenters. The zero-order valence-corrected chi connectivity index (χ0v) is 16.0. The van der Waals surface area contributed by atoms with Gasteiger partial charge in [-0.1, -0.05) is 36.4 Å². The van der Waals surface area contributed by atoms with E-state index in [1.807, 2.05) is 30.5 Å². The van der Waals surface area contributed by atoms with Crippen LogP contribution in [0.15, 0.2) is 75.0 Å². The van der Waals surface area contributed by atoms with Crippen LogP contribution in [0.5, 0.6) is 5.75 Å². The van der Waals surface area contributed by atoms with E-state index in [4.69, 9.17) is 9.15 Å². The maximum absolute atomic E-state index is 12.3. The quantitative estimate of drug-likeness (QED) is 0.592. The van der Waals surface area contributed by atoms with Crippen molar-refractivity contribution in [2.45, 2.75) is 31.1 Å². The van der Waals surface area contributed by atoms with Crippen molar-refractivity contribution < 1.29 is 9.15 Å². The van der Waals surface area contributed by atoms with E-state index in [1.54, 1.807) is 11.8 Å². The predicted octanol–water partition coefficient (Wildman–Crippen LogP) is 4.46. The van der Waals surface area contributed by atoms with Crippen molar-refractivity contribution in [1.82, 2.24) is 4.90 Å². The Morgan fingerprint density at radius 3 is 2.41 bits per heavy atom. The van der Waals surface area contributed by atoms with Crippen molar-refractivity contribution in [3.05, 3.63) is 93.5 Å². The molecule has 1 aliphatic rings. The fourth-order valence-corrected chi connectivity index (χ4v) is 3.65. The number of hydrogen-bond acceptors (Lipinski definition) is 5. The lowest BCUT2D eigenvalue weighted by Gasteiger charge is -2.14. The Hall–Kier alpha value is -2.50. The van der Waals surface area contributed by atoms with Crippen LogP contribution in [0.1, 0.15) is 22.5 Å².